The summed E-state index contributed by atoms with van der Waals surface area (Å²) >= 11 is 0. The van der Waals surface area contributed by atoms with Gasteiger partial charge in [-0.2, -0.15) is 4.90 Å². The number of nitrogens with two attached hydrogens (primary N) is 1. The highest BCUT2D eigenvalue weighted by Gasteiger charge is 2.60. The molecule has 1 aliphatic carbocycles. The summed E-state index contributed by atoms with van der Waals surface area (Å²) in [5.41, 5.74) is 5.01. The Morgan fingerprint density at radius 2 is 1.56 bits per heavy atom. The van der Waals surface area contributed by atoms with E-state index in [9.17, 15) is 18.0 Å². The van der Waals surface area contributed by atoms with E-state index in [1.165, 1.54) is 13.8 Å². The molecule has 0 spiro atoms. The number of aryl methyl sites for hydroxylation is 1. The van der Waals surface area contributed by atoms with Gasteiger partial charge in [0, 0.05) is 5.69 Å². The van der Waals surface area contributed by atoms with Gasteiger partial charge in [0.15, 0.2) is 9.84 Å². The van der Waals surface area contributed by atoms with Crippen LogP contribution in [0, 0.1) is 0 Å². The number of amides is 2. The molecule has 3 rings (SSSR count). The first-order valence-corrected chi connectivity index (χ1v) is 13.7. The smallest absolute Gasteiger partial charge is 0.425 e. The van der Waals surface area contributed by atoms with Crippen LogP contribution in [0.2, 0.25) is 0 Å². The van der Waals surface area contributed by atoms with Gasteiger partial charge in [0.1, 0.15) is 27.3 Å². The van der Waals surface area contributed by atoms with Gasteiger partial charge < -0.3 is 15.2 Å². The summed E-state index contributed by atoms with van der Waals surface area (Å²) in [4.78, 5) is 32.4. The number of hydrogen-bond donors (Lipinski definition) is 1. The molecule has 1 aromatic rings. The van der Waals surface area contributed by atoms with Crippen molar-refractivity contribution in [3.8, 4) is 0 Å². The van der Waals surface area contributed by atoms with Gasteiger partial charge in [-0.1, -0.05) is 6.07 Å². The number of nitrogens with zero attached hydrogens (tertiary/aromatic N) is 2. The van der Waals surface area contributed by atoms with Crippen molar-refractivity contribution in [2.75, 3.05) is 5.73 Å². The summed E-state index contributed by atoms with van der Waals surface area (Å²) in [6, 6.07) is 5.41. The highest BCUT2D eigenvalue weighted by Crippen LogP contribution is 2.48. The van der Waals surface area contributed by atoms with Crippen LogP contribution in [-0.2, 0) is 31.3 Å². The van der Waals surface area contributed by atoms with Crippen LogP contribution in [0.25, 0.3) is 0 Å². The lowest BCUT2D eigenvalue weighted by Gasteiger charge is -2.46. The Hall–Kier alpha value is -2.62. The molecule has 0 bridgehead atoms. The van der Waals surface area contributed by atoms with Gasteiger partial charge in [0.25, 0.3) is 0 Å². The lowest BCUT2D eigenvalue weighted by atomic mass is 9.85. The second-order valence-corrected chi connectivity index (χ2v) is 14.9. The fourth-order valence-electron chi connectivity index (χ4n) is 4.82. The summed E-state index contributed by atoms with van der Waals surface area (Å²) < 4.78 is 37.8. The van der Waals surface area contributed by atoms with Crippen molar-refractivity contribution in [1.29, 1.82) is 0 Å². The molecule has 2 atom stereocenters. The molecule has 2 amide bonds. The zero-order valence-electron chi connectivity index (χ0n) is 22.8. The third-order valence-corrected chi connectivity index (χ3v) is 9.59. The highest BCUT2D eigenvalue weighted by molar-refractivity contribution is 7.94. The monoisotopic (exact) mass is 521 g/mol. The van der Waals surface area contributed by atoms with E-state index in [1.54, 1.807) is 60.6 Å². The number of amidine groups is 1. The van der Waals surface area contributed by atoms with E-state index >= 15 is 0 Å². The van der Waals surface area contributed by atoms with Crippen LogP contribution in [0.3, 0.4) is 0 Å². The number of nitrogen functional groups attached to an aromatic ring is 1. The van der Waals surface area contributed by atoms with Gasteiger partial charge >= 0.3 is 12.2 Å². The minimum atomic E-state index is -3.98. The van der Waals surface area contributed by atoms with Crippen LogP contribution in [0.15, 0.2) is 23.2 Å². The maximum absolute atomic E-state index is 14.2. The summed E-state index contributed by atoms with van der Waals surface area (Å²) in [5.74, 6) is -0.236. The Morgan fingerprint density at radius 3 is 2.06 bits per heavy atom. The van der Waals surface area contributed by atoms with Gasteiger partial charge in [-0.25, -0.2) is 18.0 Å². The van der Waals surface area contributed by atoms with Crippen molar-refractivity contribution in [3.63, 3.8) is 0 Å². The Kier molecular flexibility index (Phi) is 6.79. The molecule has 1 aromatic carbocycles. The first kappa shape index (κ1) is 28.0. The van der Waals surface area contributed by atoms with Crippen molar-refractivity contribution >= 4 is 33.5 Å². The summed E-state index contributed by atoms with van der Waals surface area (Å²) in [5, 5.41) is -0.870. The fraction of sp³-hybridized carbons (Fsp3) is 0.654. The van der Waals surface area contributed by atoms with Crippen molar-refractivity contribution in [1.82, 2.24) is 4.90 Å². The molecule has 36 heavy (non-hydrogen) atoms. The molecular formula is C26H39N3O6S. The minimum Gasteiger partial charge on any atom is -0.443 e. The van der Waals surface area contributed by atoms with Crippen LogP contribution in [-0.4, -0.2) is 52.5 Å². The third-order valence-electron chi connectivity index (χ3n) is 6.55. The van der Waals surface area contributed by atoms with E-state index in [1.807, 2.05) is 6.07 Å². The van der Waals surface area contributed by atoms with Crippen LogP contribution >= 0.6 is 0 Å². The minimum absolute atomic E-state index is 0.236. The van der Waals surface area contributed by atoms with Crippen LogP contribution in [0.4, 0.5) is 15.3 Å². The molecule has 200 valence electrons. The topological polar surface area (TPSA) is 128 Å². The molecule has 0 saturated heterocycles. The summed E-state index contributed by atoms with van der Waals surface area (Å²) in [6.45, 7) is 14.6. The normalized spacial score (nSPS) is 24.9. The number of benzene rings is 1. The average molecular weight is 522 g/mol. The van der Waals surface area contributed by atoms with E-state index < -0.39 is 48.8 Å². The Bertz CT molecular complexity index is 1180. The molecule has 0 fully saturated rings. The molecule has 0 saturated carbocycles. The molecule has 2 N–H and O–H groups in total. The molecule has 1 aliphatic heterocycles. The zero-order valence-corrected chi connectivity index (χ0v) is 23.6. The molecular weight excluding hydrogens is 482 g/mol. The lowest BCUT2D eigenvalue weighted by Crippen LogP contribution is -2.64. The fourth-order valence-corrected chi connectivity index (χ4v) is 7.19. The first-order chi connectivity index (χ1) is 16.2. The maximum Gasteiger partial charge on any atom is 0.425 e. The van der Waals surface area contributed by atoms with E-state index in [2.05, 4.69) is 0 Å². The van der Waals surface area contributed by atoms with Crippen molar-refractivity contribution in [2.24, 2.45) is 4.99 Å². The van der Waals surface area contributed by atoms with Crippen LogP contribution in [0.1, 0.15) is 86.3 Å². The van der Waals surface area contributed by atoms with Gasteiger partial charge in [-0.05, 0) is 105 Å². The standard InChI is InChI=1S/C26H39N3O6S/c1-23(2,3)34-21(30)29(22(31)35-24(4,5)6)20-25(7,8)36(32,33)19-12-10-11-16-13-14-17(27)15-18(16)26(19,9)28-20/h13-15,19H,10-12,27H2,1-9H3/t19-,26+/m0/s1. The number of sulfone groups is 1. The number of imide groups is 1. The number of fused-ring (bicyclic) bond motifs is 3. The second-order valence-electron chi connectivity index (χ2n) is 12.2. The van der Waals surface area contributed by atoms with E-state index in [-0.39, 0.29) is 5.84 Å². The number of ether oxygens (including phenoxy) is 2. The largest absolute Gasteiger partial charge is 0.443 e. The number of rotatable bonds is 0. The molecule has 0 aromatic heterocycles. The number of carbonyl (C=O) groups is 2. The van der Waals surface area contributed by atoms with Crippen LogP contribution in [0.5, 0.6) is 0 Å². The first-order valence-electron chi connectivity index (χ1n) is 12.2. The zero-order chi connectivity index (χ0) is 27.5. The van der Waals surface area contributed by atoms with Crippen molar-refractivity contribution in [3.05, 3.63) is 29.3 Å². The molecule has 2 aliphatic rings. The van der Waals surface area contributed by atoms with Gasteiger partial charge in [0.2, 0.25) is 0 Å². The number of hydrogen-bond acceptors (Lipinski definition) is 8. The van der Waals surface area contributed by atoms with Gasteiger partial charge in [-0.3, -0.25) is 4.99 Å². The Balaban J connectivity index is 2.34. The molecule has 0 radical (unpaired) electrons. The predicted octanol–water partition coefficient (Wildman–Crippen LogP) is 4.97. The van der Waals surface area contributed by atoms with Gasteiger partial charge in [-0.15, -0.1) is 0 Å². The summed E-state index contributed by atoms with van der Waals surface area (Å²) in [7, 11) is -3.98. The predicted molar refractivity (Wildman–Crippen MR) is 140 cm³/mol. The van der Waals surface area contributed by atoms with Gasteiger partial charge in [0.05, 0.1) is 5.25 Å². The number of carbonyl (C=O) groups excluding carboxylic acids is 2. The third kappa shape index (κ3) is 4.96. The van der Waals surface area contributed by atoms with Crippen molar-refractivity contribution < 1.29 is 27.5 Å². The summed E-state index contributed by atoms with van der Waals surface area (Å²) in [6.07, 6.45) is -0.403. The maximum atomic E-state index is 14.2. The van der Waals surface area contributed by atoms with E-state index in [4.69, 9.17) is 20.2 Å². The molecule has 0 unspecified atom stereocenters. The van der Waals surface area contributed by atoms with Crippen LogP contribution < -0.4 is 5.73 Å². The Labute approximate surface area is 214 Å². The SMILES string of the molecule is CC(C)(C)OC(=O)N(C(=O)OC(C)(C)C)C1=N[C@]2(C)c3cc(N)ccc3CCC[C@@H]2S(=O)(=O)C1(C)C. The Morgan fingerprint density at radius 1 is 1.03 bits per heavy atom. The van der Waals surface area contributed by atoms with Crippen molar-refractivity contribution in [2.45, 2.75) is 108 Å². The molecule has 10 heteroatoms. The molecule has 9 nitrogen and oxygen atoms in total. The molecule has 1 heterocycles. The quantitative estimate of drug-likeness (QED) is 0.477. The number of anilines is 1. The highest BCUT2D eigenvalue weighted by atomic mass is 32.2. The van der Waals surface area contributed by atoms with E-state index in [0.717, 1.165) is 5.56 Å². The van der Waals surface area contributed by atoms with E-state index in [0.29, 0.717) is 35.4 Å². The average Bonchev–Trinajstić information content (AvgIpc) is 2.81. The number of aliphatic imine (C=N–C) groups is 1. The second kappa shape index (κ2) is 8.75. The lowest BCUT2D eigenvalue weighted by molar-refractivity contribution is 0.0138.